The van der Waals surface area contributed by atoms with Crippen molar-refractivity contribution in [3.8, 4) is 11.5 Å². The van der Waals surface area contributed by atoms with E-state index in [1.54, 1.807) is 12.1 Å². The molecule has 130 valence electrons. The third-order valence-corrected chi connectivity index (χ3v) is 3.98. The van der Waals surface area contributed by atoms with Crippen LogP contribution in [0.2, 0.25) is 0 Å². The summed E-state index contributed by atoms with van der Waals surface area (Å²) >= 11 is 0. The summed E-state index contributed by atoms with van der Waals surface area (Å²) < 4.78 is 32.6. The van der Waals surface area contributed by atoms with Gasteiger partial charge < -0.3 is 14.0 Å². The average molecular weight is 350 g/mol. The molecule has 1 atom stereocenters. The maximum absolute atomic E-state index is 11.0. The number of benzene rings is 2. The van der Waals surface area contributed by atoms with E-state index < -0.39 is 16.2 Å². The van der Waals surface area contributed by atoms with Crippen LogP contribution in [0, 0.1) is 0 Å². The van der Waals surface area contributed by atoms with Crippen LogP contribution in [0.1, 0.15) is 30.6 Å². The maximum atomic E-state index is 11.0. The molecule has 2 aromatic rings. The molecular weight excluding hydrogens is 328 g/mol. The lowest BCUT2D eigenvalue weighted by Crippen LogP contribution is -2.06. The number of aliphatic hydroxyl groups excluding tert-OH is 1. The molecule has 0 aliphatic heterocycles. The minimum Gasteiger partial charge on any atom is -0.493 e. The van der Waals surface area contributed by atoms with Gasteiger partial charge in [0.15, 0.2) is 0 Å². The van der Waals surface area contributed by atoms with Crippen LogP contribution < -0.4 is 8.92 Å². The fourth-order valence-corrected chi connectivity index (χ4v) is 2.66. The highest BCUT2D eigenvalue weighted by Crippen LogP contribution is 2.20. The molecule has 0 aromatic heterocycles. The average Bonchev–Trinajstić information content (AvgIpc) is 2.55. The molecule has 0 amide bonds. The molecule has 0 heterocycles. The van der Waals surface area contributed by atoms with Gasteiger partial charge in [0, 0.05) is 6.42 Å². The van der Waals surface area contributed by atoms with Crippen molar-refractivity contribution in [2.45, 2.75) is 25.9 Å². The Morgan fingerprint density at radius 1 is 1.00 bits per heavy atom. The number of ether oxygens (including phenoxy) is 1. The van der Waals surface area contributed by atoms with E-state index in [9.17, 15) is 13.5 Å². The van der Waals surface area contributed by atoms with E-state index in [2.05, 4.69) is 0 Å². The molecule has 0 saturated heterocycles. The van der Waals surface area contributed by atoms with Gasteiger partial charge in [-0.1, -0.05) is 31.2 Å². The summed E-state index contributed by atoms with van der Waals surface area (Å²) in [5.41, 5.74) is 1.90. The number of aliphatic hydroxyl groups is 1. The van der Waals surface area contributed by atoms with Crippen LogP contribution in [0.15, 0.2) is 48.5 Å². The predicted molar refractivity (Wildman–Crippen MR) is 92.8 cm³/mol. The van der Waals surface area contributed by atoms with Crippen LogP contribution >= 0.6 is 0 Å². The standard InChI is InChI=1S/C18H22O5S/c1-3-18(19)15-6-10-16(11-7-15)22-13-12-14-4-8-17(9-5-14)23-24(2,20)21/h4-11,18-19H,3,12-13H2,1-2H3. The van der Waals surface area contributed by atoms with Gasteiger partial charge in [0.25, 0.3) is 0 Å². The first-order chi connectivity index (χ1) is 11.4. The van der Waals surface area contributed by atoms with Gasteiger partial charge in [-0.15, -0.1) is 0 Å². The molecule has 0 bridgehead atoms. The molecule has 0 spiro atoms. The van der Waals surface area contributed by atoms with Gasteiger partial charge in [-0.05, 0) is 41.8 Å². The molecular formula is C18H22O5S. The van der Waals surface area contributed by atoms with E-state index in [1.165, 1.54) is 0 Å². The monoisotopic (exact) mass is 350 g/mol. The second-order valence-corrected chi connectivity index (χ2v) is 7.10. The smallest absolute Gasteiger partial charge is 0.306 e. The molecule has 0 aliphatic carbocycles. The first-order valence-corrected chi connectivity index (χ1v) is 9.58. The summed E-state index contributed by atoms with van der Waals surface area (Å²) in [5.74, 6) is 1.05. The molecule has 5 nitrogen and oxygen atoms in total. The van der Waals surface area contributed by atoms with Gasteiger partial charge in [-0.25, -0.2) is 0 Å². The molecule has 0 fully saturated rings. The van der Waals surface area contributed by atoms with Gasteiger partial charge in [0.05, 0.1) is 19.0 Å². The van der Waals surface area contributed by atoms with E-state index >= 15 is 0 Å². The molecule has 24 heavy (non-hydrogen) atoms. The van der Waals surface area contributed by atoms with E-state index in [4.69, 9.17) is 8.92 Å². The van der Waals surface area contributed by atoms with Crippen LogP contribution in [-0.2, 0) is 16.5 Å². The van der Waals surface area contributed by atoms with Crippen molar-refractivity contribution in [3.63, 3.8) is 0 Å². The third kappa shape index (κ3) is 5.86. The van der Waals surface area contributed by atoms with Crippen molar-refractivity contribution in [3.05, 3.63) is 59.7 Å². The molecule has 0 radical (unpaired) electrons. The van der Waals surface area contributed by atoms with Crippen LogP contribution in [-0.4, -0.2) is 26.4 Å². The minimum absolute atomic E-state index is 0.298. The Morgan fingerprint density at radius 3 is 2.12 bits per heavy atom. The van der Waals surface area contributed by atoms with Crippen LogP contribution in [0.4, 0.5) is 0 Å². The van der Waals surface area contributed by atoms with Crippen LogP contribution in [0.3, 0.4) is 0 Å². The Hall–Kier alpha value is -2.05. The van der Waals surface area contributed by atoms with Gasteiger partial charge >= 0.3 is 10.1 Å². The Kier molecular flexibility index (Phi) is 6.23. The second-order valence-electron chi connectivity index (χ2n) is 5.52. The molecule has 0 aliphatic rings. The van der Waals surface area contributed by atoms with Crippen molar-refractivity contribution < 1.29 is 22.4 Å². The fraction of sp³-hybridized carbons (Fsp3) is 0.333. The molecule has 1 N–H and O–H groups in total. The van der Waals surface area contributed by atoms with E-state index in [-0.39, 0.29) is 0 Å². The topological polar surface area (TPSA) is 72.8 Å². The zero-order chi connectivity index (χ0) is 17.6. The van der Waals surface area contributed by atoms with Crippen molar-refractivity contribution in [2.24, 2.45) is 0 Å². The quantitative estimate of drug-likeness (QED) is 0.741. The Balaban J connectivity index is 1.83. The first kappa shape index (κ1) is 18.3. The maximum Gasteiger partial charge on any atom is 0.306 e. The molecule has 0 saturated carbocycles. The Bertz CT molecular complexity index is 736. The SMILES string of the molecule is CCC(O)c1ccc(OCCc2ccc(OS(C)(=O)=O)cc2)cc1. The van der Waals surface area contributed by atoms with Crippen molar-refractivity contribution in [1.82, 2.24) is 0 Å². The highest BCUT2D eigenvalue weighted by atomic mass is 32.2. The normalized spacial score (nSPS) is 12.6. The summed E-state index contributed by atoms with van der Waals surface area (Å²) in [6, 6.07) is 14.3. The van der Waals surface area contributed by atoms with Gasteiger partial charge in [0.1, 0.15) is 11.5 Å². The zero-order valence-electron chi connectivity index (χ0n) is 13.8. The number of rotatable bonds is 8. The molecule has 2 aromatic carbocycles. The zero-order valence-corrected chi connectivity index (χ0v) is 14.6. The van der Waals surface area contributed by atoms with Crippen molar-refractivity contribution in [2.75, 3.05) is 12.9 Å². The Morgan fingerprint density at radius 2 is 1.58 bits per heavy atom. The summed E-state index contributed by atoms with van der Waals surface area (Å²) in [6.07, 6.45) is 1.95. The fourth-order valence-electron chi connectivity index (χ4n) is 2.20. The molecule has 2 rings (SSSR count). The largest absolute Gasteiger partial charge is 0.493 e. The lowest BCUT2D eigenvalue weighted by Gasteiger charge is -2.10. The van der Waals surface area contributed by atoms with Crippen molar-refractivity contribution in [1.29, 1.82) is 0 Å². The first-order valence-electron chi connectivity index (χ1n) is 7.76. The summed E-state index contributed by atoms with van der Waals surface area (Å²) in [7, 11) is -3.50. The Labute approximate surface area is 143 Å². The number of hydrogen-bond donors (Lipinski definition) is 1. The van der Waals surface area contributed by atoms with E-state index in [0.29, 0.717) is 25.2 Å². The third-order valence-electron chi connectivity index (χ3n) is 3.48. The molecule has 1 unspecified atom stereocenters. The van der Waals surface area contributed by atoms with Gasteiger partial charge in [0.2, 0.25) is 0 Å². The number of hydrogen-bond acceptors (Lipinski definition) is 5. The lowest BCUT2D eigenvalue weighted by molar-refractivity contribution is 0.173. The van der Waals surface area contributed by atoms with Crippen molar-refractivity contribution >= 4 is 10.1 Å². The summed E-state index contributed by atoms with van der Waals surface area (Å²) in [5, 5.41) is 9.75. The van der Waals surface area contributed by atoms with Gasteiger partial charge in [-0.2, -0.15) is 8.42 Å². The van der Waals surface area contributed by atoms with Gasteiger partial charge in [-0.3, -0.25) is 0 Å². The second kappa shape index (κ2) is 8.17. The van der Waals surface area contributed by atoms with E-state index in [0.717, 1.165) is 23.1 Å². The van der Waals surface area contributed by atoms with Crippen LogP contribution in [0.5, 0.6) is 11.5 Å². The predicted octanol–water partition coefficient (Wildman–Crippen LogP) is 3.09. The minimum atomic E-state index is -3.50. The lowest BCUT2D eigenvalue weighted by atomic mass is 10.1. The highest BCUT2D eigenvalue weighted by Gasteiger charge is 2.05. The summed E-state index contributed by atoms with van der Waals surface area (Å²) in [6.45, 7) is 2.43. The van der Waals surface area contributed by atoms with E-state index in [1.807, 2.05) is 43.3 Å². The molecule has 6 heteroatoms. The highest BCUT2D eigenvalue weighted by molar-refractivity contribution is 7.86. The summed E-state index contributed by atoms with van der Waals surface area (Å²) in [4.78, 5) is 0. The van der Waals surface area contributed by atoms with Crippen LogP contribution in [0.25, 0.3) is 0 Å².